The minimum absolute atomic E-state index is 0.0463. The summed E-state index contributed by atoms with van der Waals surface area (Å²) in [4.78, 5) is 8.16. The number of likely N-dealkylation sites (tertiary alicyclic amines) is 1. The molecule has 5 N–H and O–H groups in total. The molecular weight excluding hydrogens is 332 g/mol. The number of phenols is 1. The van der Waals surface area contributed by atoms with Crippen LogP contribution >= 0.6 is 0 Å². The molecule has 1 aromatic rings. The fourth-order valence-electron chi connectivity index (χ4n) is 3.06. The third kappa shape index (κ3) is 4.42. The number of aliphatic hydroxyl groups is 2. The van der Waals surface area contributed by atoms with Crippen molar-refractivity contribution in [3.8, 4) is 17.7 Å². The summed E-state index contributed by atoms with van der Waals surface area (Å²) < 4.78 is 0. The van der Waals surface area contributed by atoms with Gasteiger partial charge in [0.25, 0.3) is 0 Å². The van der Waals surface area contributed by atoms with Crippen LogP contribution in [0.15, 0.2) is 35.5 Å². The maximum absolute atomic E-state index is 9.98. The number of piperidine rings is 1. The third-order valence-electron chi connectivity index (χ3n) is 4.69. The van der Waals surface area contributed by atoms with Gasteiger partial charge in [0.1, 0.15) is 11.9 Å². The fourth-order valence-corrected chi connectivity index (χ4v) is 3.06. The van der Waals surface area contributed by atoms with Crippen molar-refractivity contribution in [2.45, 2.75) is 25.3 Å². The van der Waals surface area contributed by atoms with E-state index in [9.17, 15) is 15.3 Å². The molecule has 7 heteroatoms. The van der Waals surface area contributed by atoms with Crippen LogP contribution in [0.25, 0.3) is 5.70 Å². The van der Waals surface area contributed by atoms with Crippen molar-refractivity contribution in [3.05, 3.63) is 36.0 Å². The maximum Gasteiger partial charge on any atom is 0.154 e. The van der Waals surface area contributed by atoms with Crippen LogP contribution in [0.5, 0.6) is 5.75 Å². The summed E-state index contributed by atoms with van der Waals surface area (Å²) in [5.41, 5.74) is 7.27. The van der Waals surface area contributed by atoms with E-state index in [-0.39, 0.29) is 11.7 Å². The molecule has 0 bridgehead atoms. The second kappa shape index (κ2) is 8.34. The predicted octanol–water partition coefficient (Wildman–Crippen LogP) is 0.345. The minimum Gasteiger partial charge on any atom is -0.507 e. The first-order chi connectivity index (χ1) is 12.5. The molecule has 0 saturated carbocycles. The molecule has 1 saturated heterocycles. The monoisotopic (exact) mass is 356 g/mol. The molecule has 138 valence electrons. The summed E-state index contributed by atoms with van der Waals surface area (Å²) in [6, 6.07) is 10.0. The Labute approximate surface area is 153 Å². The van der Waals surface area contributed by atoms with E-state index >= 15 is 0 Å². The molecule has 26 heavy (non-hydrogen) atoms. The molecule has 2 aliphatic rings. The first-order valence-corrected chi connectivity index (χ1v) is 8.70. The zero-order valence-electron chi connectivity index (χ0n) is 14.5. The quantitative estimate of drug-likeness (QED) is 0.460. The molecule has 0 aromatic heterocycles. The number of nitrogens with two attached hydrogens (primary N) is 1. The van der Waals surface area contributed by atoms with Crippen molar-refractivity contribution < 1.29 is 15.3 Å². The molecule has 1 aromatic carbocycles. The Balaban J connectivity index is 1.62. The zero-order valence-corrected chi connectivity index (χ0v) is 14.5. The number of nitrogens with zero attached hydrogens (tertiary/aromatic N) is 3. The Bertz CT molecular complexity index is 743. The van der Waals surface area contributed by atoms with Crippen molar-refractivity contribution in [1.29, 1.82) is 0 Å². The first kappa shape index (κ1) is 18.4. The van der Waals surface area contributed by atoms with Crippen LogP contribution in [0.1, 0.15) is 18.4 Å². The topological polar surface area (TPSA) is 106 Å². The Kier molecular flexibility index (Phi) is 5.91. The van der Waals surface area contributed by atoms with Gasteiger partial charge in [-0.1, -0.05) is 18.1 Å². The van der Waals surface area contributed by atoms with E-state index in [0.29, 0.717) is 17.8 Å². The number of rotatable bonds is 3. The van der Waals surface area contributed by atoms with Crippen molar-refractivity contribution in [2.75, 3.05) is 19.6 Å². The summed E-state index contributed by atoms with van der Waals surface area (Å²) in [6.07, 6.45) is 3.18. The van der Waals surface area contributed by atoms with E-state index in [1.807, 2.05) is 6.07 Å². The Morgan fingerprint density at radius 1 is 1.23 bits per heavy atom. The first-order valence-electron chi connectivity index (χ1n) is 8.70. The van der Waals surface area contributed by atoms with E-state index in [1.54, 1.807) is 35.5 Å². The minimum atomic E-state index is -1.23. The van der Waals surface area contributed by atoms with Gasteiger partial charge in [-0.25, -0.2) is 0 Å². The number of hydrogen-bond acceptors (Lipinski definition) is 7. The predicted molar refractivity (Wildman–Crippen MR) is 99.6 cm³/mol. The van der Waals surface area contributed by atoms with Gasteiger partial charge in [0.05, 0.1) is 12.2 Å². The lowest BCUT2D eigenvalue weighted by Crippen LogP contribution is -2.39. The van der Waals surface area contributed by atoms with Crippen LogP contribution in [-0.4, -0.2) is 63.4 Å². The maximum atomic E-state index is 9.98. The molecule has 0 aliphatic carbocycles. The van der Waals surface area contributed by atoms with Gasteiger partial charge in [0, 0.05) is 29.9 Å². The molecule has 1 fully saturated rings. The van der Waals surface area contributed by atoms with E-state index in [0.717, 1.165) is 25.9 Å². The lowest BCUT2D eigenvalue weighted by molar-refractivity contribution is -0.0974. The molecule has 0 radical (unpaired) electrons. The molecule has 1 unspecified atom stereocenters. The smallest absolute Gasteiger partial charge is 0.154 e. The molecule has 0 amide bonds. The van der Waals surface area contributed by atoms with Gasteiger partial charge in [-0.3, -0.25) is 14.8 Å². The van der Waals surface area contributed by atoms with Crippen LogP contribution in [0.2, 0.25) is 0 Å². The molecule has 3 rings (SSSR count). The van der Waals surface area contributed by atoms with Crippen molar-refractivity contribution in [2.24, 2.45) is 16.6 Å². The van der Waals surface area contributed by atoms with E-state index in [1.165, 1.54) is 0 Å². The summed E-state index contributed by atoms with van der Waals surface area (Å²) in [7, 11) is 0. The summed E-state index contributed by atoms with van der Waals surface area (Å²) >= 11 is 0. The SMILES string of the molecule is NC1C=NC(c2ccccc2O)=CN1C#CCN1CCC(C(O)O)CC1. The highest BCUT2D eigenvalue weighted by Gasteiger charge is 2.23. The van der Waals surface area contributed by atoms with Crippen LogP contribution in [0.3, 0.4) is 0 Å². The lowest BCUT2D eigenvalue weighted by Gasteiger charge is -2.31. The van der Waals surface area contributed by atoms with E-state index < -0.39 is 12.5 Å². The second-order valence-electron chi connectivity index (χ2n) is 6.52. The number of aromatic hydroxyl groups is 1. The van der Waals surface area contributed by atoms with Crippen molar-refractivity contribution in [1.82, 2.24) is 9.80 Å². The third-order valence-corrected chi connectivity index (χ3v) is 4.69. The number of hydrogen-bond donors (Lipinski definition) is 4. The highest BCUT2D eigenvalue weighted by molar-refractivity contribution is 5.81. The van der Waals surface area contributed by atoms with Crippen LogP contribution in [0.4, 0.5) is 0 Å². The molecule has 0 spiro atoms. The lowest BCUT2D eigenvalue weighted by atomic mass is 9.96. The van der Waals surface area contributed by atoms with Gasteiger partial charge in [0.2, 0.25) is 0 Å². The van der Waals surface area contributed by atoms with Gasteiger partial charge in [0.15, 0.2) is 6.29 Å². The van der Waals surface area contributed by atoms with Gasteiger partial charge in [-0.05, 0) is 38.1 Å². The van der Waals surface area contributed by atoms with E-state index in [4.69, 9.17) is 5.73 Å². The number of aliphatic imine (C=N–C) groups is 1. The normalized spacial score (nSPS) is 21.5. The van der Waals surface area contributed by atoms with Crippen LogP contribution in [-0.2, 0) is 0 Å². The average molecular weight is 356 g/mol. The highest BCUT2D eigenvalue weighted by Crippen LogP contribution is 2.27. The van der Waals surface area contributed by atoms with E-state index in [2.05, 4.69) is 21.9 Å². The molecule has 1 atom stereocenters. The zero-order chi connectivity index (χ0) is 18.5. The Morgan fingerprint density at radius 3 is 2.65 bits per heavy atom. The largest absolute Gasteiger partial charge is 0.507 e. The van der Waals surface area contributed by atoms with Gasteiger partial charge in [-0.15, -0.1) is 0 Å². The summed E-state index contributed by atoms with van der Waals surface area (Å²) in [5, 5.41) is 28.4. The Hall–Kier alpha value is -2.37. The number of aliphatic hydroxyl groups excluding tert-OH is 1. The molecule has 2 heterocycles. The van der Waals surface area contributed by atoms with Crippen molar-refractivity contribution in [3.63, 3.8) is 0 Å². The summed E-state index contributed by atoms with van der Waals surface area (Å²) in [5.74, 6) is 3.23. The number of para-hydroxylation sites is 1. The number of phenolic OH excluding ortho intramolecular Hbond substituents is 1. The average Bonchev–Trinajstić information content (AvgIpc) is 2.64. The van der Waals surface area contributed by atoms with Gasteiger partial charge in [-0.2, -0.15) is 0 Å². The van der Waals surface area contributed by atoms with Crippen LogP contribution < -0.4 is 5.73 Å². The van der Waals surface area contributed by atoms with Crippen molar-refractivity contribution >= 4 is 11.9 Å². The molecule has 2 aliphatic heterocycles. The van der Waals surface area contributed by atoms with Gasteiger partial charge >= 0.3 is 0 Å². The Morgan fingerprint density at radius 2 is 1.96 bits per heavy atom. The molecular formula is C19H24N4O3. The summed E-state index contributed by atoms with van der Waals surface area (Å²) in [6.45, 7) is 2.18. The molecule has 7 nitrogen and oxygen atoms in total. The van der Waals surface area contributed by atoms with Gasteiger partial charge < -0.3 is 21.1 Å². The van der Waals surface area contributed by atoms with Crippen LogP contribution in [0, 0.1) is 17.9 Å². The second-order valence-corrected chi connectivity index (χ2v) is 6.52. The highest BCUT2D eigenvalue weighted by atomic mass is 16.5. The standard InChI is InChI=1S/C19H24N4O3/c20-18-12-21-16(15-4-1-2-5-17(15)24)13-23(18)9-3-8-22-10-6-14(7-11-22)19(25)26/h1-2,4-5,12-14,18-19,24-26H,6-8,10-11,20H2. The fraction of sp³-hybridized carbons (Fsp3) is 0.421. The number of benzene rings is 1.